The van der Waals surface area contributed by atoms with Crippen molar-refractivity contribution in [3.8, 4) is 11.3 Å². The van der Waals surface area contributed by atoms with Crippen LogP contribution in [0.4, 0.5) is 0 Å². The first kappa shape index (κ1) is 14.9. The predicted octanol–water partition coefficient (Wildman–Crippen LogP) is 4.56. The molecule has 3 rings (SSSR count). The molecular weight excluding hydrogens is 300 g/mol. The molecule has 0 bridgehead atoms. The van der Waals surface area contributed by atoms with E-state index in [0.29, 0.717) is 0 Å². The molecule has 4 nitrogen and oxygen atoms in total. The Labute approximate surface area is 133 Å². The van der Waals surface area contributed by atoms with Gasteiger partial charge in [0.2, 0.25) is 5.24 Å². The molecule has 0 saturated heterocycles. The van der Waals surface area contributed by atoms with Gasteiger partial charge in [-0.25, -0.2) is 0 Å². The number of benzene rings is 1. The zero-order valence-corrected chi connectivity index (χ0v) is 13.5. The van der Waals surface area contributed by atoms with E-state index in [1.807, 2.05) is 45.0 Å². The van der Waals surface area contributed by atoms with E-state index in [4.69, 9.17) is 16.1 Å². The second-order valence-corrected chi connectivity index (χ2v) is 5.77. The zero-order valence-electron chi connectivity index (χ0n) is 12.7. The highest BCUT2D eigenvalue weighted by Gasteiger charge is 2.26. The highest BCUT2D eigenvalue weighted by atomic mass is 35.5. The second-order valence-electron chi connectivity index (χ2n) is 5.40. The largest absolute Gasteiger partial charge is 0.361 e. The van der Waals surface area contributed by atoms with Crippen molar-refractivity contribution in [2.24, 2.45) is 0 Å². The average molecular weight is 317 g/mol. The molecule has 1 unspecified atom stereocenters. The number of rotatable bonds is 4. The maximum atomic E-state index is 11.8. The van der Waals surface area contributed by atoms with E-state index in [0.717, 1.165) is 45.6 Å². The molecule has 5 heteroatoms. The van der Waals surface area contributed by atoms with Crippen molar-refractivity contribution in [1.29, 1.82) is 0 Å². The van der Waals surface area contributed by atoms with Crippen LogP contribution in [0.25, 0.3) is 22.2 Å². The van der Waals surface area contributed by atoms with Crippen LogP contribution in [0.15, 0.2) is 28.8 Å². The fourth-order valence-corrected chi connectivity index (χ4v) is 3.01. The van der Waals surface area contributed by atoms with Crippen molar-refractivity contribution in [2.75, 3.05) is 0 Å². The molecule has 2 aromatic heterocycles. The first-order valence-electron chi connectivity index (χ1n) is 7.30. The number of H-pyrrole nitrogens is 1. The lowest BCUT2D eigenvalue weighted by molar-refractivity contribution is -0.112. The maximum Gasteiger partial charge on any atom is 0.228 e. The summed E-state index contributed by atoms with van der Waals surface area (Å²) in [5.41, 5.74) is 4.55. The van der Waals surface area contributed by atoms with Crippen molar-refractivity contribution in [3.05, 3.63) is 41.3 Å². The number of aryl methyl sites for hydroxylation is 2. The van der Waals surface area contributed by atoms with Gasteiger partial charge in [0.05, 0.1) is 22.9 Å². The number of nitrogens with one attached hydrogen (secondary N) is 1. The SMILES string of the molecule is CCc1noc(C)c1-c1[nH]c2ccccc2c1C(C)C(=O)Cl. The quantitative estimate of drug-likeness (QED) is 0.718. The molecule has 22 heavy (non-hydrogen) atoms. The minimum atomic E-state index is -0.410. The number of carbonyl (C=O) groups excluding carboxylic acids is 1. The van der Waals surface area contributed by atoms with Gasteiger partial charge >= 0.3 is 0 Å². The van der Waals surface area contributed by atoms with Crippen LogP contribution in [0.2, 0.25) is 0 Å². The standard InChI is InChI=1S/C17H17ClN2O2/c1-4-12-15(10(3)22-20-12)16-14(9(2)17(18)21)11-7-5-6-8-13(11)19-16/h5-9,19H,4H2,1-3H3. The van der Waals surface area contributed by atoms with E-state index in [1.54, 1.807) is 0 Å². The Hall–Kier alpha value is -2.07. The Kier molecular flexibility index (Phi) is 3.79. The molecule has 0 amide bonds. The Balaban J connectivity index is 2.36. The Morgan fingerprint density at radius 2 is 2.14 bits per heavy atom. The third-order valence-corrected chi connectivity index (χ3v) is 4.37. The molecule has 1 atom stereocenters. The molecule has 114 valence electrons. The van der Waals surface area contributed by atoms with E-state index in [2.05, 4.69) is 10.1 Å². The smallest absolute Gasteiger partial charge is 0.228 e. The highest BCUT2D eigenvalue weighted by Crippen LogP contribution is 2.39. The second kappa shape index (κ2) is 5.61. The van der Waals surface area contributed by atoms with Gasteiger partial charge in [-0.05, 0) is 36.6 Å². The molecule has 1 N–H and O–H groups in total. The Morgan fingerprint density at radius 1 is 1.41 bits per heavy atom. The molecule has 2 heterocycles. The summed E-state index contributed by atoms with van der Waals surface area (Å²) >= 11 is 5.78. The first-order valence-corrected chi connectivity index (χ1v) is 7.67. The van der Waals surface area contributed by atoms with Crippen LogP contribution in [0.1, 0.15) is 36.8 Å². The number of aromatic amines is 1. The summed E-state index contributed by atoms with van der Waals surface area (Å²) in [4.78, 5) is 15.2. The van der Waals surface area contributed by atoms with Gasteiger partial charge in [-0.1, -0.05) is 37.2 Å². The number of hydrogen-bond donors (Lipinski definition) is 1. The number of carbonyl (C=O) groups is 1. The van der Waals surface area contributed by atoms with Gasteiger partial charge in [-0.3, -0.25) is 4.79 Å². The zero-order chi connectivity index (χ0) is 15.9. The fraction of sp³-hybridized carbons (Fsp3) is 0.294. The summed E-state index contributed by atoms with van der Waals surface area (Å²) in [7, 11) is 0. The number of halogens is 1. The van der Waals surface area contributed by atoms with Crippen LogP contribution >= 0.6 is 11.6 Å². The highest BCUT2D eigenvalue weighted by molar-refractivity contribution is 6.64. The van der Waals surface area contributed by atoms with E-state index in [1.165, 1.54) is 0 Å². The molecular formula is C17H17ClN2O2. The molecule has 3 aromatic rings. The molecule has 0 radical (unpaired) electrons. The molecule has 0 aliphatic heterocycles. The third kappa shape index (κ3) is 2.24. The van der Waals surface area contributed by atoms with Gasteiger partial charge in [-0.2, -0.15) is 0 Å². The van der Waals surface area contributed by atoms with E-state index >= 15 is 0 Å². The monoisotopic (exact) mass is 316 g/mol. The maximum absolute atomic E-state index is 11.8. The number of para-hydroxylation sites is 1. The lowest BCUT2D eigenvalue weighted by atomic mass is 9.94. The topological polar surface area (TPSA) is 58.9 Å². The number of fused-ring (bicyclic) bond motifs is 1. The molecule has 0 saturated carbocycles. The normalized spacial score (nSPS) is 12.7. The van der Waals surface area contributed by atoms with Gasteiger partial charge in [0.25, 0.3) is 0 Å². The van der Waals surface area contributed by atoms with Crippen molar-refractivity contribution in [1.82, 2.24) is 10.1 Å². The van der Waals surface area contributed by atoms with Gasteiger partial charge in [0, 0.05) is 10.9 Å². The van der Waals surface area contributed by atoms with Crippen LogP contribution in [0.5, 0.6) is 0 Å². The summed E-state index contributed by atoms with van der Waals surface area (Å²) in [6.45, 7) is 5.73. The summed E-state index contributed by atoms with van der Waals surface area (Å²) in [5.74, 6) is 0.325. The number of aromatic nitrogens is 2. The Morgan fingerprint density at radius 3 is 2.82 bits per heavy atom. The van der Waals surface area contributed by atoms with Crippen LogP contribution in [0, 0.1) is 6.92 Å². The molecule has 0 aliphatic carbocycles. The van der Waals surface area contributed by atoms with Gasteiger partial charge in [0.15, 0.2) is 0 Å². The molecule has 0 fully saturated rings. The predicted molar refractivity (Wildman–Crippen MR) is 87.2 cm³/mol. The van der Waals surface area contributed by atoms with Crippen molar-refractivity contribution < 1.29 is 9.32 Å². The number of hydrogen-bond acceptors (Lipinski definition) is 3. The minimum Gasteiger partial charge on any atom is -0.361 e. The fourth-order valence-electron chi connectivity index (χ4n) is 2.90. The summed E-state index contributed by atoms with van der Waals surface area (Å²) < 4.78 is 5.34. The van der Waals surface area contributed by atoms with Crippen LogP contribution in [-0.2, 0) is 11.2 Å². The molecule has 0 spiro atoms. The first-order chi connectivity index (χ1) is 10.5. The summed E-state index contributed by atoms with van der Waals surface area (Å²) in [5, 5.41) is 4.74. The van der Waals surface area contributed by atoms with Crippen molar-refractivity contribution >= 4 is 27.7 Å². The van der Waals surface area contributed by atoms with Crippen molar-refractivity contribution in [3.63, 3.8) is 0 Å². The lowest BCUT2D eigenvalue weighted by Gasteiger charge is -2.09. The van der Waals surface area contributed by atoms with Gasteiger partial charge in [-0.15, -0.1) is 0 Å². The van der Waals surface area contributed by atoms with E-state index in [9.17, 15) is 4.79 Å². The molecule has 1 aromatic carbocycles. The van der Waals surface area contributed by atoms with Crippen molar-refractivity contribution in [2.45, 2.75) is 33.1 Å². The number of nitrogens with zero attached hydrogens (tertiary/aromatic N) is 1. The molecule has 0 aliphatic rings. The van der Waals surface area contributed by atoms with Crippen LogP contribution in [-0.4, -0.2) is 15.4 Å². The minimum absolute atomic E-state index is 0.377. The van der Waals surface area contributed by atoms with Gasteiger partial charge < -0.3 is 9.51 Å². The van der Waals surface area contributed by atoms with E-state index in [-0.39, 0.29) is 5.24 Å². The Bertz CT molecular complexity index is 848. The summed E-state index contributed by atoms with van der Waals surface area (Å²) in [6.07, 6.45) is 0.755. The van der Waals surface area contributed by atoms with Gasteiger partial charge in [0.1, 0.15) is 5.76 Å². The van der Waals surface area contributed by atoms with E-state index < -0.39 is 5.92 Å². The summed E-state index contributed by atoms with van der Waals surface area (Å²) in [6, 6.07) is 7.90. The third-order valence-electron chi connectivity index (χ3n) is 4.04. The van der Waals surface area contributed by atoms with Crippen LogP contribution in [0.3, 0.4) is 0 Å². The lowest BCUT2D eigenvalue weighted by Crippen LogP contribution is -2.03. The van der Waals surface area contributed by atoms with Crippen LogP contribution < -0.4 is 0 Å². The average Bonchev–Trinajstić information content (AvgIpc) is 3.05.